The maximum Gasteiger partial charge on any atom is 0.326 e. The van der Waals surface area contributed by atoms with E-state index in [2.05, 4.69) is 21.2 Å². The number of carbonyl (C=O) groups excluding carboxylic acids is 1. The molecule has 1 aromatic carbocycles. The number of hydrogen-bond acceptors (Lipinski definition) is 4. The summed E-state index contributed by atoms with van der Waals surface area (Å²) < 4.78 is 0.804. The van der Waals surface area contributed by atoms with E-state index in [1.54, 1.807) is 24.3 Å². The van der Waals surface area contributed by atoms with Crippen molar-refractivity contribution in [3.05, 3.63) is 50.6 Å². The number of aliphatic carboxylic acids is 1. The summed E-state index contributed by atoms with van der Waals surface area (Å²) in [4.78, 5) is 23.7. The average molecular weight is 370 g/mol. The minimum atomic E-state index is -1.10. The highest BCUT2D eigenvalue weighted by atomic mass is 79.9. The monoisotopic (exact) mass is 369 g/mol. The molecule has 1 heterocycles. The van der Waals surface area contributed by atoms with Crippen molar-refractivity contribution >= 4 is 39.1 Å². The van der Waals surface area contributed by atoms with Crippen molar-refractivity contribution in [3.8, 4) is 5.75 Å². The molecule has 110 valence electrons. The molecule has 0 aliphatic rings. The van der Waals surface area contributed by atoms with Crippen LogP contribution in [0.4, 0.5) is 0 Å². The molecule has 0 bridgehead atoms. The molecule has 0 saturated heterocycles. The van der Waals surface area contributed by atoms with Crippen LogP contribution in [0.2, 0.25) is 0 Å². The summed E-state index contributed by atoms with van der Waals surface area (Å²) in [5.74, 6) is -1.41. The summed E-state index contributed by atoms with van der Waals surface area (Å²) >= 11 is 4.49. The first kappa shape index (κ1) is 15.5. The van der Waals surface area contributed by atoms with Gasteiger partial charge in [0.25, 0.3) is 5.91 Å². The van der Waals surface area contributed by atoms with Gasteiger partial charge < -0.3 is 15.5 Å². The fourth-order valence-corrected chi connectivity index (χ4v) is 3.02. The second-order valence-electron chi connectivity index (χ2n) is 4.34. The number of hydrogen-bond donors (Lipinski definition) is 3. The van der Waals surface area contributed by atoms with Crippen LogP contribution in [0.5, 0.6) is 5.75 Å². The number of benzene rings is 1. The first-order valence-electron chi connectivity index (χ1n) is 6.02. The van der Waals surface area contributed by atoms with Crippen LogP contribution in [0, 0.1) is 0 Å². The first-order chi connectivity index (χ1) is 9.95. The van der Waals surface area contributed by atoms with Crippen LogP contribution in [-0.4, -0.2) is 28.1 Å². The van der Waals surface area contributed by atoms with Crippen LogP contribution in [-0.2, 0) is 11.2 Å². The highest BCUT2D eigenvalue weighted by Crippen LogP contribution is 2.22. The van der Waals surface area contributed by atoms with E-state index in [4.69, 9.17) is 0 Å². The van der Waals surface area contributed by atoms with Gasteiger partial charge >= 0.3 is 5.97 Å². The largest absolute Gasteiger partial charge is 0.508 e. The van der Waals surface area contributed by atoms with Gasteiger partial charge in [0.2, 0.25) is 0 Å². The zero-order chi connectivity index (χ0) is 15.4. The number of carboxylic acids is 1. The number of rotatable bonds is 5. The molecule has 5 nitrogen and oxygen atoms in total. The summed E-state index contributed by atoms with van der Waals surface area (Å²) in [5, 5.41) is 20.9. The molecule has 0 fully saturated rings. The number of phenolic OH excluding ortho intramolecular Hbond substituents is 1. The number of aromatic hydroxyl groups is 1. The van der Waals surface area contributed by atoms with E-state index in [0.717, 1.165) is 3.79 Å². The summed E-state index contributed by atoms with van der Waals surface area (Å²) in [6, 6.07) is 8.54. The quantitative estimate of drug-likeness (QED) is 0.755. The summed E-state index contributed by atoms with van der Waals surface area (Å²) in [6.45, 7) is 0. The number of amides is 1. The second kappa shape index (κ2) is 6.73. The molecule has 0 radical (unpaired) electrons. The molecule has 3 N–H and O–H groups in total. The van der Waals surface area contributed by atoms with Gasteiger partial charge in [0, 0.05) is 6.42 Å². The smallest absolute Gasteiger partial charge is 0.326 e. The van der Waals surface area contributed by atoms with Gasteiger partial charge in [0.15, 0.2) is 0 Å². The van der Waals surface area contributed by atoms with Crippen molar-refractivity contribution in [2.75, 3.05) is 0 Å². The second-order valence-corrected chi connectivity index (χ2v) is 6.80. The van der Waals surface area contributed by atoms with Crippen LogP contribution in [0.25, 0.3) is 0 Å². The lowest BCUT2D eigenvalue weighted by Crippen LogP contribution is -2.42. The Kier molecular flexibility index (Phi) is 4.98. The molecule has 21 heavy (non-hydrogen) atoms. The number of thiophene rings is 1. The molecular formula is C14H12BrNO4S. The van der Waals surface area contributed by atoms with Crippen LogP contribution in [0.15, 0.2) is 40.2 Å². The molecule has 0 aliphatic heterocycles. The molecular weight excluding hydrogens is 358 g/mol. The Morgan fingerprint density at radius 1 is 1.19 bits per heavy atom. The van der Waals surface area contributed by atoms with Gasteiger partial charge in [0.1, 0.15) is 11.8 Å². The lowest BCUT2D eigenvalue weighted by atomic mass is 10.1. The van der Waals surface area contributed by atoms with E-state index < -0.39 is 17.9 Å². The summed E-state index contributed by atoms with van der Waals surface area (Å²) in [5.41, 5.74) is 0.716. The van der Waals surface area contributed by atoms with Gasteiger partial charge in [-0.15, -0.1) is 11.3 Å². The Balaban J connectivity index is 2.07. The Hall–Kier alpha value is -1.86. The molecule has 7 heteroatoms. The van der Waals surface area contributed by atoms with Crippen molar-refractivity contribution in [1.29, 1.82) is 0 Å². The third kappa shape index (κ3) is 4.30. The van der Waals surface area contributed by atoms with E-state index in [1.807, 2.05) is 0 Å². The predicted octanol–water partition coefficient (Wildman–Crippen LogP) is 2.64. The molecule has 1 aromatic heterocycles. The zero-order valence-electron chi connectivity index (χ0n) is 10.7. The maximum absolute atomic E-state index is 12.0. The third-order valence-corrected chi connectivity index (χ3v) is 4.40. The standard InChI is InChI=1S/C14H12BrNO4S/c15-12-6-5-11(21-12)13(18)16-10(14(19)20)7-8-1-3-9(17)4-2-8/h1-6,10,17H,7H2,(H,16,18)(H,19,20)/t10-/m1/s1. The predicted molar refractivity (Wildman–Crippen MR) is 82.7 cm³/mol. The van der Waals surface area contributed by atoms with Gasteiger partial charge in [-0.25, -0.2) is 4.79 Å². The van der Waals surface area contributed by atoms with Crippen LogP contribution < -0.4 is 5.32 Å². The molecule has 1 amide bonds. The molecule has 0 unspecified atom stereocenters. The zero-order valence-corrected chi connectivity index (χ0v) is 13.1. The molecule has 0 aliphatic carbocycles. The van der Waals surface area contributed by atoms with E-state index in [-0.39, 0.29) is 12.2 Å². The van der Waals surface area contributed by atoms with E-state index in [9.17, 15) is 19.8 Å². The van der Waals surface area contributed by atoms with Crippen molar-refractivity contribution in [3.63, 3.8) is 0 Å². The van der Waals surface area contributed by atoms with Gasteiger partial charge in [-0.05, 0) is 45.8 Å². The summed E-state index contributed by atoms with van der Waals surface area (Å²) in [6.07, 6.45) is 0.147. The molecule has 2 rings (SSSR count). The highest BCUT2D eigenvalue weighted by Gasteiger charge is 2.21. The summed E-state index contributed by atoms with van der Waals surface area (Å²) in [7, 11) is 0. The Bertz CT molecular complexity index is 653. The van der Waals surface area contributed by atoms with Crippen LogP contribution in [0.1, 0.15) is 15.2 Å². The van der Waals surface area contributed by atoms with Crippen LogP contribution >= 0.6 is 27.3 Å². The van der Waals surface area contributed by atoms with Gasteiger partial charge in [-0.1, -0.05) is 12.1 Å². The molecule has 1 atom stereocenters. The number of halogens is 1. The number of carboxylic acid groups (broad SMARTS) is 1. The van der Waals surface area contributed by atoms with Gasteiger partial charge in [-0.3, -0.25) is 4.79 Å². The number of phenols is 1. The lowest BCUT2D eigenvalue weighted by molar-refractivity contribution is -0.139. The van der Waals surface area contributed by atoms with Crippen molar-refractivity contribution in [1.82, 2.24) is 5.32 Å². The minimum absolute atomic E-state index is 0.109. The van der Waals surface area contributed by atoms with Gasteiger partial charge in [-0.2, -0.15) is 0 Å². The Morgan fingerprint density at radius 2 is 1.86 bits per heavy atom. The van der Waals surface area contributed by atoms with E-state index in [0.29, 0.717) is 10.4 Å². The minimum Gasteiger partial charge on any atom is -0.508 e. The average Bonchev–Trinajstić information content (AvgIpc) is 2.87. The fourth-order valence-electron chi connectivity index (χ4n) is 1.73. The maximum atomic E-state index is 12.0. The third-order valence-electron chi connectivity index (χ3n) is 2.78. The SMILES string of the molecule is O=C(N[C@H](Cc1ccc(O)cc1)C(=O)O)c1ccc(Br)s1. The Labute approximate surface area is 133 Å². The molecule has 2 aromatic rings. The number of nitrogens with one attached hydrogen (secondary N) is 1. The van der Waals surface area contributed by atoms with Gasteiger partial charge in [0.05, 0.1) is 8.66 Å². The Morgan fingerprint density at radius 3 is 2.38 bits per heavy atom. The topological polar surface area (TPSA) is 86.6 Å². The highest BCUT2D eigenvalue weighted by molar-refractivity contribution is 9.11. The van der Waals surface area contributed by atoms with Crippen molar-refractivity contribution in [2.45, 2.75) is 12.5 Å². The lowest BCUT2D eigenvalue weighted by Gasteiger charge is -2.14. The fraction of sp³-hybridized carbons (Fsp3) is 0.143. The molecule has 0 saturated carbocycles. The van der Waals surface area contributed by atoms with Crippen LogP contribution in [0.3, 0.4) is 0 Å². The molecule has 0 spiro atoms. The number of carbonyl (C=O) groups is 2. The normalized spacial score (nSPS) is 11.9. The van der Waals surface area contributed by atoms with E-state index in [1.165, 1.54) is 23.5 Å². The van der Waals surface area contributed by atoms with Crippen molar-refractivity contribution < 1.29 is 19.8 Å². The van der Waals surface area contributed by atoms with E-state index >= 15 is 0 Å². The first-order valence-corrected chi connectivity index (χ1v) is 7.63. The van der Waals surface area contributed by atoms with Crippen molar-refractivity contribution in [2.24, 2.45) is 0 Å².